The number of aliphatic hydroxyl groups is 2. The lowest BCUT2D eigenvalue weighted by Crippen LogP contribution is -2.37. The van der Waals surface area contributed by atoms with Gasteiger partial charge in [0, 0.05) is 23.1 Å². The minimum atomic E-state index is -0.965. The van der Waals surface area contributed by atoms with Crippen molar-refractivity contribution in [3.05, 3.63) is 54.5 Å². The Morgan fingerprint density at radius 2 is 1.90 bits per heavy atom. The summed E-state index contributed by atoms with van der Waals surface area (Å²) in [7, 11) is 0. The third-order valence-corrected chi connectivity index (χ3v) is 4.94. The average molecular weight is 469 g/mol. The standard InChI is InChI=1S/C21H21FN4O3.2ClH/c1-21(2,17(28)11-27)12-29-16-10-14(22)9-13-6-7-15(23-19(13)16)20-25-24-18-5-3-4-8-26(18)20;;/h3-10,17,27-28H,11-12H2,1-2H3;2*1H/t17-;;/m0../s1. The predicted octanol–water partition coefficient (Wildman–Crippen LogP) is 3.69. The number of hydrogen-bond donors (Lipinski definition) is 2. The molecule has 31 heavy (non-hydrogen) atoms. The second-order valence-corrected chi connectivity index (χ2v) is 7.60. The number of halogens is 3. The maximum atomic E-state index is 14.1. The van der Waals surface area contributed by atoms with Gasteiger partial charge in [-0.3, -0.25) is 4.40 Å². The third kappa shape index (κ3) is 4.88. The number of hydrogen-bond acceptors (Lipinski definition) is 6. The van der Waals surface area contributed by atoms with Crippen LogP contribution in [0.5, 0.6) is 5.75 Å². The molecule has 0 saturated heterocycles. The summed E-state index contributed by atoms with van der Waals surface area (Å²) < 4.78 is 21.7. The molecule has 166 valence electrons. The highest BCUT2D eigenvalue weighted by atomic mass is 35.5. The van der Waals surface area contributed by atoms with Crippen LogP contribution in [-0.2, 0) is 0 Å². The Morgan fingerprint density at radius 3 is 2.65 bits per heavy atom. The van der Waals surface area contributed by atoms with Crippen molar-refractivity contribution in [1.82, 2.24) is 19.6 Å². The lowest BCUT2D eigenvalue weighted by molar-refractivity contribution is -0.0197. The van der Waals surface area contributed by atoms with Gasteiger partial charge in [-0.25, -0.2) is 9.37 Å². The van der Waals surface area contributed by atoms with Crippen molar-refractivity contribution in [1.29, 1.82) is 0 Å². The highest BCUT2D eigenvalue weighted by Gasteiger charge is 2.28. The minimum Gasteiger partial charge on any atom is -0.491 e. The molecule has 0 saturated carbocycles. The zero-order valence-electron chi connectivity index (χ0n) is 16.9. The molecule has 3 heterocycles. The summed E-state index contributed by atoms with van der Waals surface area (Å²) in [4.78, 5) is 4.65. The molecular weight excluding hydrogens is 446 g/mol. The summed E-state index contributed by atoms with van der Waals surface area (Å²) in [5.74, 6) is 0.373. The van der Waals surface area contributed by atoms with Gasteiger partial charge in [0.15, 0.2) is 11.5 Å². The van der Waals surface area contributed by atoms with Crippen LogP contribution in [0.4, 0.5) is 4.39 Å². The van der Waals surface area contributed by atoms with Crippen LogP contribution in [0.15, 0.2) is 48.7 Å². The Morgan fingerprint density at radius 1 is 1.13 bits per heavy atom. The lowest BCUT2D eigenvalue weighted by atomic mass is 9.88. The van der Waals surface area contributed by atoms with Crippen molar-refractivity contribution >= 4 is 41.4 Å². The van der Waals surface area contributed by atoms with E-state index in [1.165, 1.54) is 12.1 Å². The summed E-state index contributed by atoms with van der Waals surface area (Å²) in [6, 6.07) is 11.8. The molecule has 0 unspecified atom stereocenters. The highest BCUT2D eigenvalue weighted by Crippen LogP contribution is 2.30. The fourth-order valence-corrected chi connectivity index (χ4v) is 3.03. The fourth-order valence-electron chi connectivity index (χ4n) is 3.03. The van der Waals surface area contributed by atoms with Crippen molar-refractivity contribution in [3.8, 4) is 17.3 Å². The topological polar surface area (TPSA) is 92.8 Å². The van der Waals surface area contributed by atoms with Gasteiger partial charge in [0.25, 0.3) is 0 Å². The largest absolute Gasteiger partial charge is 0.491 e. The van der Waals surface area contributed by atoms with Gasteiger partial charge in [0.2, 0.25) is 0 Å². The van der Waals surface area contributed by atoms with Gasteiger partial charge in [0.1, 0.15) is 22.8 Å². The van der Waals surface area contributed by atoms with E-state index >= 15 is 0 Å². The predicted molar refractivity (Wildman–Crippen MR) is 121 cm³/mol. The summed E-state index contributed by atoms with van der Waals surface area (Å²) in [5.41, 5.74) is 1.02. The first kappa shape index (κ1) is 24.7. The maximum Gasteiger partial charge on any atom is 0.187 e. The summed E-state index contributed by atoms with van der Waals surface area (Å²) in [5, 5.41) is 28.1. The van der Waals surface area contributed by atoms with Gasteiger partial charge in [-0.2, -0.15) is 0 Å². The van der Waals surface area contributed by atoms with Crippen LogP contribution in [-0.4, -0.2) is 49.1 Å². The van der Waals surface area contributed by atoms with E-state index in [2.05, 4.69) is 15.2 Å². The van der Waals surface area contributed by atoms with Gasteiger partial charge in [-0.15, -0.1) is 35.0 Å². The van der Waals surface area contributed by atoms with E-state index in [-0.39, 0.29) is 43.8 Å². The molecule has 0 aliphatic carbocycles. The van der Waals surface area contributed by atoms with Gasteiger partial charge >= 0.3 is 0 Å². The first-order chi connectivity index (χ1) is 13.9. The number of nitrogens with zero attached hydrogens (tertiary/aromatic N) is 4. The first-order valence-electron chi connectivity index (χ1n) is 9.21. The first-order valence-corrected chi connectivity index (χ1v) is 9.21. The van der Waals surface area contributed by atoms with Crippen molar-refractivity contribution in [2.45, 2.75) is 20.0 Å². The van der Waals surface area contributed by atoms with Crippen molar-refractivity contribution < 1.29 is 19.3 Å². The number of aromatic nitrogens is 4. The van der Waals surface area contributed by atoms with Crippen LogP contribution in [0, 0.1) is 11.2 Å². The van der Waals surface area contributed by atoms with Crippen LogP contribution in [0.3, 0.4) is 0 Å². The minimum absolute atomic E-state index is 0. The van der Waals surface area contributed by atoms with Gasteiger partial charge < -0.3 is 14.9 Å². The molecule has 4 aromatic rings. The van der Waals surface area contributed by atoms with E-state index in [1.807, 2.05) is 28.8 Å². The van der Waals surface area contributed by atoms with Crippen LogP contribution >= 0.6 is 24.8 Å². The SMILES string of the molecule is CC(C)(COc1cc(F)cc2ccc(-c3nnc4ccccn34)nc12)[C@@H](O)CO.Cl.Cl. The summed E-state index contributed by atoms with van der Waals surface area (Å²) in [6.07, 6.45) is 0.880. The van der Waals surface area contributed by atoms with Gasteiger partial charge in [-0.1, -0.05) is 26.0 Å². The van der Waals surface area contributed by atoms with E-state index in [9.17, 15) is 14.6 Å². The van der Waals surface area contributed by atoms with E-state index in [1.54, 1.807) is 26.0 Å². The van der Waals surface area contributed by atoms with Crippen LogP contribution in [0.25, 0.3) is 28.1 Å². The van der Waals surface area contributed by atoms with Crippen molar-refractivity contribution in [2.75, 3.05) is 13.2 Å². The molecule has 1 aromatic carbocycles. The maximum absolute atomic E-state index is 14.1. The molecule has 0 amide bonds. The Labute approximate surface area is 190 Å². The molecule has 10 heteroatoms. The van der Waals surface area contributed by atoms with E-state index < -0.39 is 17.3 Å². The quantitative estimate of drug-likeness (QED) is 0.448. The van der Waals surface area contributed by atoms with Crippen molar-refractivity contribution in [3.63, 3.8) is 0 Å². The Balaban J connectivity index is 0.00000171. The Hall–Kier alpha value is -2.52. The number of benzene rings is 1. The number of fused-ring (bicyclic) bond motifs is 2. The molecular formula is C21H23Cl2FN4O3. The third-order valence-electron chi connectivity index (χ3n) is 4.94. The number of rotatable bonds is 6. The monoisotopic (exact) mass is 468 g/mol. The molecule has 7 nitrogen and oxygen atoms in total. The molecule has 4 rings (SSSR count). The molecule has 0 aliphatic heterocycles. The summed E-state index contributed by atoms with van der Waals surface area (Å²) in [6.45, 7) is 3.21. The smallest absolute Gasteiger partial charge is 0.187 e. The molecule has 0 aliphatic rings. The normalized spacial score (nSPS) is 12.3. The number of pyridine rings is 2. The Bertz CT molecular complexity index is 1190. The van der Waals surface area contributed by atoms with Crippen LogP contribution in [0.2, 0.25) is 0 Å². The fraction of sp³-hybridized carbons (Fsp3) is 0.286. The molecule has 0 spiro atoms. The molecule has 0 fully saturated rings. The zero-order valence-corrected chi connectivity index (χ0v) is 18.5. The zero-order chi connectivity index (χ0) is 20.6. The molecule has 3 aromatic heterocycles. The van der Waals surface area contributed by atoms with E-state index in [0.29, 0.717) is 28.1 Å². The second-order valence-electron chi connectivity index (χ2n) is 7.60. The van der Waals surface area contributed by atoms with Crippen LogP contribution < -0.4 is 4.74 Å². The molecule has 2 N–H and O–H groups in total. The molecule has 0 radical (unpaired) electrons. The van der Waals surface area contributed by atoms with E-state index in [0.717, 1.165) is 0 Å². The molecule has 1 atom stereocenters. The van der Waals surface area contributed by atoms with Crippen LogP contribution in [0.1, 0.15) is 13.8 Å². The lowest BCUT2D eigenvalue weighted by Gasteiger charge is -2.29. The Kier molecular flexibility index (Phi) is 7.77. The molecule has 0 bridgehead atoms. The second kappa shape index (κ2) is 9.74. The van der Waals surface area contributed by atoms with E-state index in [4.69, 9.17) is 4.74 Å². The van der Waals surface area contributed by atoms with Crippen molar-refractivity contribution in [2.24, 2.45) is 5.41 Å². The number of ether oxygens (including phenoxy) is 1. The summed E-state index contributed by atoms with van der Waals surface area (Å²) >= 11 is 0. The average Bonchev–Trinajstić information content (AvgIpc) is 3.15. The highest BCUT2D eigenvalue weighted by molar-refractivity contribution is 5.86. The number of aliphatic hydroxyl groups excluding tert-OH is 2. The van der Waals surface area contributed by atoms with Gasteiger partial charge in [0.05, 0.1) is 19.3 Å². The van der Waals surface area contributed by atoms with Gasteiger partial charge in [-0.05, 0) is 24.3 Å².